The first kappa shape index (κ1) is 52.9. The second kappa shape index (κ2) is 26.3. The summed E-state index contributed by atoms with van der Waals surface area (Å²) in [6.07, 6.45) is 1.43. The number of nitrogens with one attached hydrogen (secondary N) is 4. The maximum atomic E-state index is 13.7. The lowest BCUT2D eigenvalue weighted by Gasteiger charge is -2.25. The molecule has 16 heteroatoms. The Balaban J connectivity index is 0.000000409. The molecule has 0 aromatic heterocycles. The van der Waals surface area contributed by atoms with E-state index < -0.39 is 20.2 Å². The van der Waals surface area contributed by atoms with Gasteiger partial charge in [-0.3, -0.25) is 28.3 Å². The highest BCUT2D eigenvalue weighted by Crippen LogP contribution is 2.37. The number of fused-ring (bicyclic) bond motifs is 2. The monoisotopic (exact) mass is 902 g/mol. The molecule has 6 rings (SSSR count). The molecule has 2 unspecified atom stereocenters. The topological polar surface area (TPSA) is 225 Å². The van der Waals surface area contributed by atoms with E-state index in [2.05, 4.69) is 59.4 Å². The van der Waals surface area contributed by atoms with Crippen LogP contribution in [-0.2, 0) is 25.0 Å². The van der Waals surface area contributed by atoms with Gasteiger partial charge in [-0.25, -0.2) is 0 Å². The number of carbonyl (C=O) groups excluding carboxylic acids is 4. The summed E-state index contributed by atoms with van der Waals surface area (Å²) in [7, 11) is -7.33. The highest BCUT2D eigenvalue weighted by Gasteiger charge is 2.34. The van der Waals surface area contributed by atoms with E-state index in [9.17, 15) is 36.0 Å². The van der Waals surface area contributed by atoms with Crippen molar-refractivity contribution >= 4 is 55.0 Å². The van der Waals surface area contributed by atoms with E-state index in [4.69, 9.17) is 9.11 Å². The predicted molar refractivity (Wildman–Crippen MR) is 250 cm³/mol. The minimum atomic E-state index is -3.67. The zero-order valence-electron chi connectivity index (χ0n) is 36.6. The Morgan fingerprint density at radius 1 is 0.540 bits per heavy atom. The van der Waals surface area contributed by atoms with Crippen LogP contribution in [0, 0.1) is 0 Å². The highest BCUT2D eigenvalue weighted by molar-refractivity contribution is 7.85. The van der Waals surface area contributed by atoms with Crippen LogP contribution in [0.3, 0.4) is 0 Å². The van der Waals surface area contributed by atoms with Crippen LogP contribution in [0.1, 0.15) is 99.8 Å². The molecular weight excluding hydrogens is 845 g/mol. The van der Waals surface area contributed by atoms with Gasteiger partial charge in [0.25, 0.3) is 26.1 Å². The highest BCUT2D eigenvalue weighted by atomic mass is 32.2. The Kier molecular flexibility index (Phi) is 22.1. The average molecular weight is 903 g/mol. The summed E-state index contributed by atoms with van der Waals surface area (Å²) in [6, 6.07) is 40.7. The molecule has 338 valence electrons. The molecule has 63 heavy (non-hydrogen) atoms. The number of hydrogen-bond acceptors (Lipinski definition) is 10. The van der Waals surface area contributed by atoms with Gasteiger partial charge in [0.05, 0.1) is 23.6 Å². The summed E-state index contributed by atoms with van der Waals surface area (Å²) >= 11 is 0. The Morgan fingerprint density at radius 2 is 0.857 bits per heavy atom. The average Bonchev–Trinajstić information content (AvgIpc) is 3.24. The molecule has 5 aromatic rings. The molecule has 0 spiro atoms. The molecule has 14 nitrogen and oxygen atoms in total. The van der Waals surface area contributed by atoms with Crippen molar-refractivity contribution in [3.63, 3.8) is 0 Å². The first-order valence-electron chi connectivity index (χ1n) is 20.0. The van der Waals surface area contributed by atoms with Crippen LogP contribution in [0.2, 0.25) is 0 Å². The van der Waals surface area contributed by atoms with Crippen LogP contribution in [0.15, 0.2) is 127 Å². The van der Waals surface area contributed by atoms with Crippen molar-refractivity contribution in [2.45, 2.75) is 46.5 Å². The van der Waals surface area contributed by atoms with Crippen LogP contribution in [0.5, 0.6) is 0 Å². The fourth-order valence-corrected chi connectivity index (χ4v) is 5.94. The van der Waals surface area contributed by atoms with Crippen molar-refractivity contribution < 1.29 is 45.1 Å². The van der Waals surface area contributed by atoms with Crippen LogP contribution < -0.4 is 21.3 Å². The number of benzene rings is 5. The smallest absolute Gasteiger partial charge is 0.261 e. The molecule has 5 aromatic carbocycles. The number of rotatable bonds is 11. The number of ketones is 2. The SMILES string of the molecule is CC(CNc1ccc(NCC(C)c2ccccc2)c2c1C(=O)c1ccccc1C2=O)c1ccccc1.CCNC(=O)c1ccccc1.CCNC(C)=O.CS(=O)(=O)O.CS(=O)(=O)O. The number of hydrogen-bond donors (Lipinski definition) is 6. The summed E-state index contributed by atoms with van der Waals surface area (Å²) in [5.74, 6) is 0.288. The molecule has 0 bridgehead atoms. The molecule has 1 aliphatic carbocycles. The second-order valence-electron chi connectivity index (χ2n) is 14.3. The van der Waals surface area contributed by atoms with E-state index in [0.29, 0.717) is 71.3 Å². The van der Waals surface area contributed by atoms with Gasteiger partial charge in [-0.05, 0) is 61.1 Å². The Labute approximate surface area is 371 Å². The van der Waals surface area contributed by atoms with Gasteiger partial charge in [-0.15, -0.1) is 0 Å². The van der Waals surface area contributed by atoms with Crippen LogP contribution in [-0.4, -0.2) is 88.0 Å². The Bertz CT molecular complexity index is 2310. The van der Waals surface area contributed by atoms with E-state index in [0.717, 1.165) is 6.54 Å². The molecule has 1 aliphatic rings. The Morgan fingerprint density at radius 3 is 1.16 bits per heavy atom. The molecular formula is C47H58N4O10S2. The Hall–Kier alpha value is -6.20. The molecule has 0 saturated carbocycles. The van der Waals surface area contributed by atoms with Gasteiger partial charge in [0, 0.05) is 61.2 Å². The van der Waals surface area contributed by atoms with Crippen molar-refractivity contribution in [1.82, 2.24) is 10.6 Å². The maximum absolute atomic E-state index is 13.7. The third kappa shape index (κ3) is 20.0. The molecule has 0 saturated heterocycles. The van der Waals surface area contributed by atoms with Gasteiger partial charge in [0.2, 0.25) is 5.91 Å². The van der Waals surface area contributed by atoms with Crippen molar-refractivity contribution in [3.8, 4) is 0 Å². The lowest BCUT2D eigenvalue weighted by molar-refractivity contribution is -0.118. The standard InChI is InChI=1S/C32H30N2O2.C9H11NO.C4H9NO.2CH4O3S/c1-21(23-11-5-3-6-12-23)19-33-27-17-18-28(34-20-22(2)24-13-7-4-8-14-24)30-29(27)31(35)25-15-9-10-16-26(25)32(30)36;1-2-10-9(11)8-6-4-3-5-7-8;1-3-5-4(2)6;2*1-5(2,3)4/h3-18,21-22,33-34H,19-20H2,1-2H3;3-7H,2H2,1H3,(H,10,11);3H2,1-2H3,(H,5,6);2*1H3,(H,2,3,4). The molecule has 0 fully saturated rings. The predicted octanol–water partition coefficient (Wildman–Crippen LogP) is 7.48. The third-order valence-electron chi connectivity index (χ3n) is 8.81. The van der Waals surface area contributed by atoms with E-state index in [1.165, 1.54) is 18.1 Å². The van der Waals surface area contributed by atoms with Gasteiger partial charge < -0.3 is 21.3 Å². The summed E-state index contributed by atoms with van der Waals surface area (Å²) in [4.78, 5) is 48.4. The minimum absolute atomic E-state index is 0.00639. The van der Waals surface area contributed by atoms with Crippen molar-refractivity contribution in [2.24, 2.45) is 0 Å². The molecule has 2 amide bonds. The normalized spacial score (nSPS) is 12.1. The fourth-order valence-electron chi connectivity index (χ4n) is 5.94. The lowest BCUT2D eigenvalue weighted by atomic mass is 9.82. The van der Waals surface area contributed by atoms with Crippen molar-refractivity contribution in [1.29, 1.82) is 0 Å². The van der Waals surface area contributed by atoms with Gasteiger partial charge in [-0.2, -0.15) is 16.8 Å². The van der Waals surface area contributed by atoms with Crippen LogP contribution in [0.25, 0.3) is 0 Å². The van der Waals surface area contributed by atoms with Gasteiger partial charge in [-0.1, -0.05) is 117 Å². The quantitative estimate of drug-likeness (QED) is 0.0696. The van der Waals surface area contributed by atoms with Gasteiger partial charge in [0.1, 0.15) is 0 Å². The fraction of sp³-hybridized carbons (Fsp3) is 0.277. The lowest BCUT2D eigenvalue weighted by Crippen LogP contribution is -2.25. The van der Waals surface area contributed by atoms with Crippen molar-refractivity contribution in [3.05, 3.63) is 166 Å². The third-order valence-corrected chi connectivity index (χ3v) is 8.81. The zero-order valence-corrected chi connectivity index (χ0v) is 38.2. The van der Waals surface area contributed by atoms with Gasteiger partial charge >= 0.3 is 0 Å². The first-order valence-corrected chi connectivity index (χ1v) is 23.7. The molecule has 0 radical (unpaired) electrons. The maximum Gasteiger partial charge on any atom is 0.261 e. The van der Waals surface area contributed by atoms with E-state index >= 15 is 0 Å². The number of carbonyl (C=O) groups is 4. The van der Waals surface area contributed by atoms with Crippen molar-refractivity contribution in [2.75, 3.05) is 49.3 Å². The number of amides is 2. The van der Waals surface area contributed by atoms with Gasteiger partial charge in [0.15, 0.2) is 11.6 Å². The summed E-state index contributed by atoms with van der Waals surface area (Å²) in [6.45, 7) is 12.3. The van der Waals surface area contributed by atoms with E-state index in [1.807, 2.05) is 92.7 Å². The molecule has 0 heterocycles. The summed E-state index contributed by atoms with van der Waals surface area (Å²) in [5.41, 5.74) is 6.39. The van der Waals surface area contributed by atoms with E-state index in [-0.39, 0.29) is 35.2 Å². The van der Waals surface area contributed by atoms with E-state index in [1.54, 1.807) is 24.3 Å². The first-order chi connectivity index (χ1) is 29.7. The number of anilines is 2. The van der Waals surface area contributed by atoms with Crippen LogP contribution in [0.4, 0.5) is 11.4 Å². The minimum Gasteiger partial charge on any atom is -0.384 e. The molecule has 2 atom stereocenters. The van der Waals surface area contributed by atoms with Crippen LogP contribution >= 0.6 is 0 Å². The zero-order chi connectivity index (χ0) is 47.2. The molecule has 6 N–H and O–H groups in total. The summed E-state index contributed by atoms with van der Waals surface area (Å²) in [5, 5.41) is 12.2. The molecule has 0 aliphatic heterocycles. The summed E-state index contributed by atoms with van der Waals surface area (Å²) < 4.78 is 51.7. The largest absolute Gasteiger partial charge is 0.384 e. The second-order valence-corrected chi connectivity index (χ2v) is 17.2.